The number of hydrogen-bond acceptors (Lipinski definition) is 3. The first-order chi connectivity index (χ1) is 8.63. The number of nitrogens with one attached hydrogen (secondary N) is 1. The molecular formula is C13H27N3O2S. The lowest BCUT2D eigenvalue weighted by Crippen LogP contribution is -2.47. The van der Waals surface area contributed by atoms with Crippen LogP contribution in [0.15, 0.2) is 0 Å². The standard InChI is InChI=1S/C13H27N3O2S/c1-12(2)11(13(12,3)4)15-19(17,18)16-7-5-10(9-14)6-8-16/h10-11,15H,5-9,14H2,1-4H3. The predicted molar refractivity (Wildman–Crippen MR) is 76.8 cm³/mol. The highest BCUT2D eigenvalue weighted by atomic mass is 32.2. The molecule has 0 radical (unpaired) electrons. The molecule has 2 rings (SSSR count). The van der Waals surface area contributed by atoms with Crippen LogP contribution < -0.4 is 10.5 Å². The average Bonchev–Trinajstić information content (AvgIpc) is 2.71. The van der Waals surface area contributed by atoms with Crippen molar-refractivity contribution in [2.24, 2.45) is 22.5 Å². The molecule has 0 aromatic heterocycles. The van der Waals surface area contributed by atoms with E-state index >= 15 is 0 Å². The summed E-state index contributed by atoms with van der Waals surface area (Å²) in [6, 6.07) is 0.0252. The maximum atomic E-state index is 12.4. The zero-order valence-corrected chi connectivity index (χ0v) is 13.3. The fourth-order valence-corrected chi connectivity index (χ4v) is 4.83. The second kappa shape index (κ2) is 4.69. The third-order valence-electron chi connectivity index (χ3n) is 5.53. The highest BCUT2D eigenvalue weighted by molar-refractivity contribution is 7.87. The Bertz CT molecular complexity index is 423. The van der Waals surface area contributed by atoms with Gasteiger partial charge in [-0.15, -0.1) is 0 Å². The molecule has 2 fully saturated rings. The second-order valence-electron chi connectivity index (χ2n) is 7.08. The quantitative estimate of drug-likeness (QED) is 0.808. The first-order valence-electron chi connectivity index (χ1n) is 7.10. The molecule has 3 N–H and O–H groups in total. The molecule has 112 valence electrons. The van der Waals surface area contributed by atoms with Crippen molar-refractivity contribution in [3.63, 3.8) is 0 Å². The van der Waals surface area contributed by atoms with Gasteiger partial charge in [0.1, 0.15) is 0 Å². The molecule has 6 heteroatoms. The van der Waals surface area contributed by atoms with Crippen molar-refractivity contribution >= 4 is 10.2 Å². The summed E-state index contributed by atoms with van der Waals surface area (Å²) in [6.07, 6.45) is 1.74. The molecule has 1 saturated heterocycles. The number of nitrogens with two attached hydrogens (primary N) is 1. The van der Waals surface area contributed by atoms with Gasteiger partial charge in [0.25, 0.3) is 10.2 Å². The van der Waals surface area contributed by atoms with Gasteiger partial charge in [-0.3, -0.25) is 0 Å². The molecule has 1 aliphatic carbocycles. The Morgan fingerprint density at radius 1 is 1.16 bits per heavy atom. The van der Waals surface area contributed by atoms with Gasteiger partial charge >= 0.3 is 0 Å². The van der Waals surface area contributed by atoms with E-state index in [1.165, 1.54) is 0 Å². The van der Waals surface area contributed by atoms with E-state index in [0.29, 0.717) is 25.6 Å². The van der Waals surface area contributed by atoms with Crippen LogP contribution in [0.4, 0.5) is 0 Å². The van der Waals surface area contributed by atoms with Crippen LogP contribution in [-0.4, -0.2) is 38.4 Å². The molecule has 5 nitrogen and oxygen atoms in total. The molecule has 0 aromatic carbocycles. The van der Waals surface area contributed by atoms with Crippen molar-refractivity contribution in [2.45, 2.75) is 46.6 Å². The van der Waals surface area contributed by atoms with Gasteiger partial charge in [0.15, 0.2) is 0 Å². The van der Waals surface area contributed by atoms with E-state index in [1.54, 1.807) is 4.31 Å². The molecule has 1 aliphatic heterocycles. The second-order valence-corrected chi connectivity index (χ2v) is 8.78. The average molecular weight is 289 g/mol. The number of piperidine rings is 1. The van der Waals surface area contributed by atoms with Gasteiger partial charge < -0.3 is 5.73 Å². The third kappa shape index (κ3) is 2.55. The highest BCUT2D eigenvalue weighted by Crippen LogP contribution is 2.62. The summed E-state index contributed by atoms with van der Waals surface area (Å²) in [5, 5.41) is 0. The molecular weight excluding hydrogens is 262 g/mol. The van der Waals surface area contributed by atoms with Crippen LogP contribution in [-0.2, 0) is 10.2 Å². The lowest BCUT2D eigenvalue weighted by molar-refractivity contribution is 0.275. The summed E-state index contributed by atoms with van der Waals surface area (Å²) in [7, 11) is -3.35. The van der Waals surface area contributed by atoms with Crippen LogP contribution in [0.1, 0.15) is 40.5 Å². The van der Waals surface area contributed by atoms with Crippen LogP contribution in [0.5, 0.6) is 0 Å². The Hall–Kier alpha value is -0.170. The van der Waals surface area contributed by atoms with Gasteiger partial charge in [0, 0.05) is 19.1 Å². The van der Waals surface area contributed by atoms with E-state index in [1.807, 2.05) is 0 Å². The molecule has 0 atom stereocenters. The van der Waals surface area contributed by atoms with E-state index in [-0.39, 0.29) is 16.9 Å². The molecule has 2 aliphatic rings. The molecule has 0 bridgehead atoms. The predicted octanol–water partition coefficient (Wildman–Crippen LogP) is 0.926. The van der Waals surface area contributed by atoms with E-state index in [4.69, 9.17) is 5.73 Å². The Morgan fingerprint density at radius 2 is 1.63 bits per heavy atom. The topological polar surface area (TPSA) is 75.4 Å². The van der Waals surface area contributed by atoms with Gasteiger partial charge in [-0.05, 0) is 36.1 Å². The van der Waals surface area contributed by atoms with Gasteiger partial charge in [-0.1, -0.05) is 27.7 Å². The van der Waals surface area contributed by atoms with Crippen LogP contribution in [0.25, 0.3) is 0 Å². The summed E-state index contributed by atoms with van der Waals surface area (Å²) in [4.78, 5) is 0. The van der Waals surface area contributed by atoms with Crippen LogP contribution >= 0.6 is 0 Å². The van der Waals surface area contributed by atoms with E-state index in [0.717, 1.165) is 12.8 Å². The van der Waals surface area contributed by atoms with Crippen molar-refractivity contribution in [1.82, 2.24) is 9.03 Å². The summed E-state index contributed by atoms with van der Waals surface area (Å²) in [5.41, 5.74) is 5.68. The summed E-state index contributed by atoms with van der Waals surface area (Å²) >= 11 is 0. The van der Waals surface area contributed by atoms with Gasteiger partial charge in [0.05, 0.1) is 0 Å². The van der Waals surface area contributed by atoms with E-state index in [2.05, 4.69) is 32.4 Å². The summed E-state index contributed by atoms with van der Waals surface area (Å²) in [5.74, 6) is 0.472. The van der Waals surface area contributed by atoms with Gasteiger partial charge in [-0.25, -0.2) is 0 Å². The zero-order valence-electron chi connectivity index (χ0n) is 12.4. The summed E-state index contributed by atoms with van der Waals surface area (Å²) in [6.45, 7) is 10.3. The van der Waals surface area contributed by atoms with Crippen molar-refractivity contribution in [3.05, 3.63) is 0 Å². The number of rotatable bonds is 4. The number of hydrogen-bond donors (Lipinski definition) is 2. The largest absolute Gasteiger partial charge is 0.330 e. The smallest absolute Gasteiger partial charge is 0.279 e. The molecule has 0 spiro atoms. The van der Waals surface area contributed by atoms with Crippen LogP contribution in [0.3, 0.4) is 0 Å². The molecule has 1 saturated carbocycles. The molecule has 19 heavy (non-hydrogen) atoms. The molecule has 0 aromatic rings. The molecule has 1 heterocycles. The zero-order chi connectivity index (χ0) is 14.5. The first kappa shape index (κ1) is 15.2. The Morgan fingerprint density at radius 3 is 2.00 bits per heavy atom. The lowest BCUT2D eigenvalue weighted by atomic mass is 9.99. The monoisotopic (exact) mass is 289 g/mol. The maximum Gasteiger partial charge on any atom is 0.279 e. The van der Waals surface area contributed by atoms with Gasteiger partial charge in [-0.2, -0.15) is 17.4 Å². The van der Waals surface area contributed by atoms with Crippen LogP contribution in [0.2, 0.25) is 0 Å². The minimum Gasteiger partial charge on any atom is -0.330 e. The van der Waals surface area contributed by atoms with Crippen molar-refractivity contribution < 1.29 is 8.42 Å². The van der Waals surface area contributed by atoms with Crippen LogP contribution in [0, 0.1) is 16.7 Å². The van der Waals surface area contributed by atoms with Crippen molar-refractivity contribution in [1.29, 1.82) is 0 Å². The first-order valence-corrected chi connectivity index (χ1v) is 8.54. The Labute approximate surface area is 117 Å². The highest BCUT2D eigenvalue weighted by Gasteiger charge is 2.66. The minimum absolute atomic E-state index is 0.0235. The third-order valence-corrected chi connectivity index (χ3v) is 7.11. The molecule has 0 amide bonds. The molecule has 0 unspecified atom stereocenters. The Balaban J connectivity index is 1.98. The fourth-order valence-electron chi connectivity index (χ4n) is 3.10. The van der Waals surface area contributed by atoms with Gasteiger partial charge in [0.2, 0.25) is 0 Å². The van der Waals surface area contributed by atoms with E-state index in [9.17, 15) is 8.42 Å². The lowest BCUT2D eigenvalue weighted by Gasteiger charge is -2.30. The Kier molecular flexibility index (Phi) is 3.75. The van der Waals surface area contributed by atoms with E-state index < -0.39 is 10.2 Å². The van der Waals surface area contributed by atoms with Crippen molar-refractivity contribution in [2.75, 3.05) is 19.6 Å². The van der Waals surface area contributed by atoms with Crippen molar-refractivity contribution in [3.8, 4) is 0 Å². The summed E-state index contributed by atoms with van der Waals surface area (Å²) < 4.78 is 29.2. The maximum absolute atomic E-state index is 12.4. The fraction of sp³-hybridized carbons (Fsp3) is 1.00. The normalized spacial score (nSPS) is 28.5. The SMILES string of the molecule is CC1(C)C(NS(=O)(=O)N2CCC(CN)CC2)C1(C)C. The number of nitrogens with zero attached hydrogens (tertiary/aromatic N) is 1. The minimum atomic E-state index is -3.35.